The smallest absolute Gasteiger partial charge is 0.179 e. The van der Waals surface area contributed by atoms with E-state index in [1.54, 1.807) is 0 Å². The van der Waals surface area contributed by atoms with Crippen molar-refractivity contribution in [1.82, 2.24) is 19.5 Å². The van der Waals surface area contributed by atoms with Gasteiger partial charge in [0.15, 0.2) is 8.07 Å². The van der Waals surface area contributed by atoms with Gasteiger partial charge in [0.2, 0.25) is 0 Å². The molecule has 0 aliphatic carbocycles. The molecule has 0 bridgehead atoms. The van der Waals surface area contributed by atoms with Crippen LogP contribution in [0.25, 0.3) is 61.5 Å². The van der Waals surface area contributed by atoms with Gasteiger partial charge in [0, 0.05) is 23.0 Å². The molecule has 0 spiro atoms. The fourth-order valence-electron chi connectivity index (χ4n) is 8.25. The molecule has 0 amide bonds. The molecule has 0 saturated carbocycles. The van der Waals surface area contributed by atoms with Crippen molar-refractivity contribution in [3.8, 4) is 39.5 Å². The molecular formula is C51H36N4Si. The second kappa shape index (κ2) is 14.2. The first-order chi connectivity index (χ1) is 27.8. The predicted molar refractivity (Wildman–Crippen MR) is 234 cm³/mol. The molecule has 0 atom stereocenters. The SMILES string of the molecule is c1ccc(-c2nc3cccnc3c3nc(-c4ccc(-c5ccc([Si](c6ccccc6)(c6ccccc6)c6ccccc6)cc5)cc4)n(-c4ccccc4)c23)cc1. The van der Waals surface area contributed by atoms with E-state index in [9.17, 15) is 0 Å². The molecule has 0 unspecified atom stereocenters. The van der Waals surface area contributed by atoms with E-state index in [1.165, 1.54) is 26.3 Å². The Kier molecular flexibility index (Phi) is 8.47. The summed E-state index contributed by atoms with van der Waals surface area (Å²) in [5.41, 5.74) is 9.62. The van der Waals surface area contributed by atoms with Gasteiger partial charge in [-0.3, -0.25) is 9.55 Å². The predicted octanol–water partition coefficient (Wildman–Crippen LogP) is 9.35. The van der Waals surface area contributed by atoms with Gasteiger partial charge in [0.05, 0.1) is 11.2 Å². The molecule has 264 valence electrons. The summed E-state index contributed by atoms with van der Waals surface area (Å²) < 4.78 is 2.24. The minimum absolute atomic E-state index is 0.788. The first kappa shape index (κ1) is 33.4. The van der Waals surface area contributed by atoms with Gasteiger partial charge in [-0.25, -0.2) is 9.97 Å². The van der Waals surface area contributed by atoms with Gasteiger partial charge in [0.1, 0.15) is 22.4 Å². The Bertz CT molecular complexity index is 2820. The zero-order valence-electron chi connectivity index (χ0n) is 30.6. The van der Waals surface area contributed by atoms with E-state index < -0.39 is 8.07 Å². The highest BCUT2D eigenvalue weighted by Crippen LogP contribution is 2.37. The molecule has 0 aliphatic heterocycles. The highest BCUT2D eigenvalue weighted by Gasteiger charge is 2.41. The number of pyridine rings is 2. The van der Waals surface area contributed by atoms with Crippen LogP contribution in [0, 0.1) is 0 Å². The monoisotopic (exact) mass is 732 g/mol. The van der Waals surface area contributed by atoms with Gasteiger partial charge in [-0.1, -0.05) is 188 Å². The van der Waals surface area contributed by atoms with Crippen LogP contribution in [0.2, 0.25) is 0 Å². The second-order valence-electron chi connectivity index (χ2n) is 14.0. The normalized spacial score (nSPS) is 11.6. The van der Waals surface area contributed by atoms with Crippen molar-refractivity contribution in [2.24, 2.45) is 0 Å². The number of fused-ring (bicyclic) bond motifs is 3. The van der Waals surface area contributed by atoms with Crippen LogP contribution in [0.3, 0.4) is 0 Å². The Morgan fingerprint density at radius 1 is 0.357 bits per heavy atom. The van der Waals surface area contributed by atoms with Crippen molar-refractivity contribution in [2.45, 2.75) is 0 Å². The molecular weight excluding hydrogens is 697 g/mol. The van der Waals surface area contributed by atoms with E-state index in [0.29, 0.717) is 0 Å². The van der Waals surface area contributed by atoms with Crippen LogP contribution in [-0.2, 0) is 0 Å². The Morgan fingerprint density at radius 2 is 0.821 bits per heavy atom. The maximum Gasteiger partial charge on any atom is 0.179 e. The first-order valence-corrected chi connectivity index (χ1v) is 20.9. The van der Waals surface area contributed by atoms with Crippen LogP contribution in [0.5, 0.6) is 0 Å². The van der Waals surface area contributed by atoms with Crippen LogP contribution in [0.4, 0.5) is 0 Å². The van der Waals surface area contributed by atoms with Crippen molar-refractivity contribution in [1.29, 1.82) is 0 Å². The van der Waals surface area contributed by atoms with Crippen LogP contribution >= 0.6 is 0 Å². The van der Waals surface area contributed by atoms with Crippen molar-refractivity contribution in [3.63, 3.8) is 0 Å². The minimum Gasteiger partial charge on any atom is -0.290 e. The highest BCUT2D eigenvalue weighted by atomic mass is 28.3. The van der Waals surface area contributed by atoms with Crippen LogP contribution < -0.4 is 20.7 Å². The lowest BCUT2D eigenvalue weighted by Crippen LogP contribution is -2.74. The Morgan fingerprint density at radius 3 is 1.38 bits per heavy atom. The van der Waals surface area contributed by atoms with E-state index in [-0.39, 0.29) is 0 Å². The molecule has 5 heteroatoms. The lowest BCUT2D eigenvalue weighted by molar-refractivity contribution is 1.10. The number of hydrogen-bond acceptors (Lipinski definition) is 3. The van der Waals surface area contributed by atoms with E-state index in [2.05, 4.69) is 193 Å². The number of imidazole rings is 1. The summed E-state index contributed by atoms with van der Waals surface area (Å²) in [5, 5.41) is 5.44. The standard InChI is InChI=1S/C51H36N4Si/c1-6-17-39(18-7-1)47-50-49(48-46(53-47)27-16-36-52-48)54-51(55(50)41-19-8-2-9-20-41)40-30-28-37(29-31-40)38-32-34-45(35-33-38)56(42-21-10-3-11-22-42,43-23-12-4-13-24-43)44-25-14-5-15-26-44/h1-36H. The summed E-state index contributed by atoms with van der Waals surface area (Å²) in [5.74, 6) is 0.842. The molecule has 10 aromatic rings. The average Bonchev–Trinajstić information content (AvgIpc) is 3.70. The maximum absolute atomic E-state index is 5.37. The van der Waals surface area contributed by atoms with Crippen molar-refractivity contribution in [3.05, 3.63) is 219 Å². The third-order valence-electron chi connectivity index (χ3n) is 10.8. The Hall–Kier alpha value is -7.21. The quantitative estimate of drug-likeness (QED) is 0.116. The first-order valence-electron chi connectivity index (χ1n) is 18.9. The summed E-state index contributed by atoms with van der Waals surface area (Å²) >= 11 is 0. The van der Waals surface area contributed by atoms with Crippen molar-refractivity contribution >= 4 is 50.9 Å². The summed E-state index contributed by atoms with van der Waals surface area (Å²) in [6.07, 6.45) is 1.82. The van der Waals surface area contributed by atoms with Gasteiger partial charge in [-0.05, 0) is 56.1 Å². The fourth-order valence-corrected chi connectivity index (χ4v) is 13.0. The molecule has 7 aromatic carbocycles. The Labute approximate surface area is 327 Å². The van der Waals surface area contributed by atoms with Gasteiger partial charge < -0.3 is 0 Å². The average molecular weight is 733 g/mol. The number of para-hydroxylation sites is 1. The van der Waals surface area contributed by atoms with Crippen LogP contribution in [0.1, 0.15) is 0 Å². The molecule has 4 nitrogen and oxygen atoms in total. The summed E-state index contributed by atoms with van der Waals surface area (Å²) in [6.45, 7) is 0. The van der Waals surface area contributed by atoms with Crippen LogP contribution in [0.15, 0.2) is 219 Å². The lowest BCUT2D eigenvalue weighted by Gasteiger charge is -2.34. The number of benzene rings is 7. The number of aromatic nitrogens is 4. The molecule has 0 fully saturated rings. The summed E-state index contributed by atoms with van der Waals surface area (Å²) in [6, 6.07) is 76.0. The fraction of sp³-hybridized carbons (Fsp3) is 0. The van der Waals surface area contributed by atoms with Crippen molar-refractivity contribution < 1.29 is 0 Å². The highest BCUT2D eigenvalue weighted by molar-refractivity contribution is 7.19. The number of nitrogens with zero attached hydrogens (tertiary/aromatic N) is 4. The molecule has 0 saturated heterocycles. The van der Waals surface area contributed by atoms with E-state index in [0.717, 1.165) is 56.0 Å². The minimum atomic E-state index is -2.60. The zero-order valence-corrected chi connectivity index (χ0v) is 31.6. The molecule has 56 heavy (non-hydrogen) atoms. The lowest BCUT2D eigenvalue weighted by atomic mass is 10.0. The molecule has 3 heterocycles. The van der Waals surface area contributed by atoms with E-state index >= 15 is 0 Å². The molecule has 0 N–H and O–H groups in total. The number of hydrogen-bond donors (Lipinski definition) is 0. The van der Waals surface area contributed by atoms with E-state index in [4.69, 9.17) is 15.0 Å². The van der Waals surface area contributed by atoms with Gasteiger partial charge >= 0.3 is 0 Å². The van der Waals surface area contributed by atoms with Crippen molar-refractivity contribution in [2.75, 3.05) is 0 Å². The largest absolute Gasteiger partial charge is 0.290 e. The van der Waals surface area contributed by atoms with Gasteiger partial charge in [-0.15, -0.1) is 0 Å². The topological polar surface area (TPSA) is 43.6 Å². The zero-order chi connectivity index (χ0) is 37.3. The third-order valence-corrected chi connectivity index (χ3v) is 15.6. The molecule has 0 aliphatic rings. The molecule has 3 aromatic heterocycles. The third kappa shape index (κ3) is 5.65. The summed E-state index contributed by atoms with van der Waals surface area (Å²) in [4.78, 5) is 15.3. The molecule has 0 radical (unpaired) electrons. The Balaban J connectivity index is 1.10. The number of rotatable bonds is 8. The van der Waals surface area contributed by atoms with E-state index in [1.807, 2.05) is 30.5 Å². The maximum atomic E-state index is 5.37. The summed E-state index contributed by atoms with van der Waals surface area (Å²) in [7, 11) is -2.60. The van der Waals surface area contributed by atoms with Gasteiger partial charge in [-0.2, -0.15) is 0 Å². The molecule has 10 rings (SSSR count). The second-order valence-corrected chi connectivity index (χ2v) is 17.8. The van der Waals surface area contributed by atoms with Crippen LogP contribution in [-0.4, -0.2) is 27.6 Å². The van der Waals surface area contributed by atoms with Gasteiger partial charge in [0.25, 0.3) is 0 Å².